The second-order valence-electron chi connectivity index (χ2n) is 3.28. The molecule has 0 aromatic carbocycles. The Balaban J connectivity index is 2.45. The molecular weight excluding hydrogens is 246 g/mol. The zero-order valence-corrected chi connectivity index (χ0v) is 10.4. The maximum absolute atomic E-state index is 11.1. The summed E-state index contributed by atoms with van der Waals surface area (Å²) in [6.45, 7) is 1.53. The quantitative estimate of drug-likeness (QED) is 0.417. The van der Waals surface area contributed by atoms with Crippen molar-refractivity contribution in [3.8, 4) is 0 Å². The fourth-order valence-corrected chi connectivity index (χ4v) is 1.66. The highest BCUT2D eigenvalue weighted by atomic mass is 32.1. The molecule has 0 saturated carbocycles. The SMILES string of the molecule is COCC(OOC(=O)CC(C)=O)c1cncs1. The van der Waals surface area contributed by atoms with Crippen LogP contribution in [0.1, 0.15) is 24.3 Å². The lowest BCUT2D eigenvalue weighted by Gasteiger charge is -2.12. The van der Waals surface area contributed by atoms with Crippen LogP contribution < -0.4 is 0 Å². The summed E-state index contributed by atoms with van der Waals surface area (Å²) in [4.78, 5) is 35.9. The van der Waals surface area contributed by atoms with Crippen molar-refractivity contribution in [2.45, 2.75) is 19.4 Å². The first kappa shape index (κ1) is 13.8. The zero-order chi connectivity index (χ0) is 12.7. The van der Waals surface area contributed by atoms with E-state index in [0.29, 0.717) is 0 Å². The fourth-order valence-electron chi connectivity index (χ4n) is 1.04. The van der Waals surface area contributed by atoms with Crippen LogP contribution in [0.3, 0.4) is 0 Å². The molecule has 0 aliphatic rings. The third-order valence-corrected chi connectivity index (χ3v) is 2.60. The van der Waals surface area contributed by atoms with Crippen LogP contribution >= 0.6 is 11.3 Å². The topological polar surface area (TPSA) is 74.7 Å². The van der Waals surface area contributed by atoms with Gasteiger partial charge in [0, 0.05) is 13.3 Å². The Bertz CT molecular complexity index is 365. The Morgan fingerprint density at radius 1 is 1.53 bits per heavy atom. The highest BCUT2D eigenvalue weighted by Crippen LogP contribution is 2.21. The van der Waals surface area contributed by atoms with Crippen molar-refractivity contribution in [1.29, 1.82) is 0 Å². The molecule has 0 amide bonds. The summed E-state index contributed by atoms with van der Waals surface area (Å²) in [5.41, 5.74) is 1.64. The van der Waals surface area contributed by atoms with E-state index >= 15 is 0 Å². The van der Waals surface area contributed by atoms with Gasteiger partial charge in [-0.05, 0) is 6.92 Å². The van der Waals surface area contributed by atoms with Crippen molar-refractivity contribution in [3.05, 3.63) is 16.6 Å². The van der Waals surface area contributed by atoms with Crippen LogP contribution in [0.15, 0.2) is 11.7 Å². The number of carbonyl (C=O) groups excluding carboxylic acids is 2. The van der Waals surface area contributed by atoms with Crippen molar-refractivity contribution in [1.82, 2.24) is 4.98 Å². The Morgan fingerprint density at radius 2 is 2.29 bits per heavy atom. The van der Waals surface area contributed by atoms with Crippen LogP contribution in [0.25, 0.3) is 0 Å². The molecule has 6 nitrogen and oxygen atoms in total. The Morgan fingerprint density at radius 3 is 2.82 bits per heavy atom. The smallest absolute Gasteiger partial charge is 0.349 e. The summed E-state index contributed by atoms with van der Waals surface area (Å²) >= 11 is 1.36. The first-order valence-electron chi connectivity index (χ1n) is 4.86. The molecule has 7 heteroatoms. The van der Waals surface area contributed by atoms with Crippen LogP contribution in [0.2, 0.25) is 0 Å². The van der Waals surface area contributed by atoms with E-state index in [0.717, 1.165) is 4.88 Å². The first-order valence-corrected chi connectivity index (χ1v) is 5.74. The number of Topliss-reactive ketones (excluding diaryl/α,β-unsaturated/α-hetero) is 1. The molecule has 1 unspecified atom stereocenters. The third kappa shape index (κ3) is 5.03. The van der Waals surface area contributed by atoms with E-state index in [2.05, 4.69) is 9.87 Å². The molecular formula is C10H13NO5S. The van der Waals surface area contributed by atoms with Gasteiger partial charge in [-0.3, -0.25) is 14.7 Å². The van der Waals surface area contributed by atoms with E-state index in [1.165, 1.54) is 25.4 Å². The molecule has 0 spiro atoms. The molecule has 1 rings (SSSR count). The standard InChI is InChI=1S/C10H13NO5S/c1-7(12)3-10(13)16-15-8(5-14-2)9-4-11-6-17-9/h4,6,8H,3,5H2,1-2H3. The minimum absolute atomic E-state index is 0.232. The summed E-state index contributed by atoms with van der Waals surface area (Å²) in [6.07, 6.45) is 0.777. The molecule has 94 valence electrons. The second kappa shape index (κ2) is 7.10. The molecule has 17 heavy (non-hydrogen) atoms. The van der Waals surface area contributed by atoms with E-state index in [-0.39, 0.29) is 18.8 Å². The van der Waals surface area contributed by atoms with Gasteiger partial charge < -0.3 is 4.74 Å². The predicted octanol–water partition coefficient (Wildman–Crippen LogP) is 1.28. The van der Waals surface area contributed by atoms with Gasteiger partial charge in [-0.2, -0.15) is 4.89 Å². The highest BCUT2D eigenvalue weighted by molar-refractivity contribution is 7.09. The van der Waals surface area contributed by atoms with Gasteiger partial charge in [0.05, 0.1) is 17.0 Å². The molecule has 0 N–H and O–H groups in total. The van der Waals surface area contributed by atoms with Gasteiger partial charge in [0.2, 0.25) is 0 Å². The molecule has 1 aromatic rings. The Kier molecular flexibility index (Phi) is 5.75. The average molecular weight is 259 g/mol. The number of ketones is 1. The van der Waals surface area contributed by atoms with Gasteiger partial charge in [-0.15, -0.1) is 11.3 Å². The van der Waals surface area contributed by atoms with Gasteiger partial charge in [0.15, 0.2) is 6.10 Å². The zero-order valence-electron chi connectivity index (χ0n) is 9.54. The predicted molar refractivity (Wildman–Crippen MR) is 59.2 cm³/mol. The average Bonchev–Trinajstić information content (AvgIpc) is 2.76. The minimum atomic E-state index is -0.719. The summed E-state index contributed by atoms with van der Waals surface area (Å²) < 4.78 is 4.94. The normalized spacial score (nSPS) is 12.1. The maximum Gasteiger partial charge on any atom is 0.349 e. The lowest BCUT2D eigenvalue weighted by molar-refractivity contribution is -0.305. The first-order chi connectivity index (χ1) is 8.13. The van der Waals surface area contributed by atoms with E-state index in [4.69, 9.17) is 9.62 Å². The Hall–Kier alpha value is -1.31. The van der Waals surface area contributed by atoms with Crippen molar-refractivity contribution >= 4 is 23.1 Å². The minimum Gasteiger partial charge on any atom is -0.381 e. The molecule has 0 saturated heterocycles. The van der Waals surface area contributed by atoms with Crippen LogP contribution in [0.4, 0.5) is 0 Å². The lowest BCUT2D eigenvalue weighted by Crippen LogP contribution is -2.15. The molecule has 1 atom stereocenters. The number of carbonyl (C=O) groups is 2. The molecule has 0 bridgehead atoms. The highest BCUT2D eigenvalue weighted by Gasteiger charge is 2.18. The van der Waals surface area contributed by atoms with E-state index < -0.39 is 12.1 Å². The van der Waals surface area contributed by atoms with Gasteiger partial charge in [0.1, 0.15) is 12.2 Å². The van der Waals surface area contributed by atoms with Crippen molar-refractivity contribution in [2.24, 2.45) is 0 Å². The summed E-state index contributed by atoms with van der Waals surface area (Å²) in [5.74, 6) is -0.997. The second-order valence-corrected chi connectivity index (χ2v) is 4.20. The van der Waals surface area contributed by atoms with Crippen LogP contribution in [-0.2, 0) is 24.1 Å². The van der Waals surface area contributed by atoms with Crippen molar-refractivity contribution < 1.29 is 24.1 Å². The molecule has 1 aromatic heterocycles. The number of nitrogens with zero attached hydrogens (tertiary/aromatic N) is 1. The summed E-state index contributed by atoms with van der Waals surface area (Å²) in [7, 11) is 1.51. The number of ether oxygens (including phenoxy) is 1. The largest absolute Gasteiger partial charge is 0.381 e. The van der Waals surface area contributed by atoms with Gasteiger partial charge in [0.25, 0.3) is 0 Å². The summed E-state index contributed by atoms with van der Waals surface area (Å²) in [6, 6.07) is 0. The number of thiazole rings is 1. The van der Waals surface area contributed by atoms with Gasteiger partial charge in [-0.25, -0.2) is 4.79 Å². The van der Waals surface area contributed by atoms with Gasteiger partial charge in [-0.1, -0.05) is 0 Å². The van der Waals surface area contributed by atoms with Crippen molar-refractivity contribution in [2.75, 3.05) is 13.7 Å². The van der Waals surface area contributed by atoms with Crippen molar-refractivity contribution in [3.63, 3.8) is 0 Å². The molecule has 1 heterocycles. The maximum atomic E-state index is 11.1. The molecule has 0 radical (unpaired) electrons. The number of hydrogen-bond donors (Lipinski definition) is 0. The molecule has 0 aliphatic carbocycles. The number of methoxy groups -OCH3 is 1. The van der Waals surface area contributed by atoms with Crippen LogP contribution in [0, 0.1) is 0 Å². The number of hydrogen-bond acceptors (Lipinski definition) is 7. The Labute approximate surface area is 102 Å². The van der Waals surface area contributed by atoms with E-state index in [9.17, 15) is 9.59 Å². The monoisotopic (exact) mass is 259 g/mol. The van der Waals surface area contributed by atoms with Crippen LogP contribution in [-0.4, -0.2) is 30.5 Å². The summed E-state index contributed by atoms with van der Waals surface area (Å²) in [5, 5.41) is 0. The molecule has 0 aliphatic heterocycles. The lowest BCUT2D eigenvalue weighted by atomic mass is 10.3. The van der Waals surface area contributed by atoms with E-state index in [1.807, 2.05) is 0 Å². The van der Waals surface area contributed by atoms with Gasteiger partial charge >= 0.3 is 5.97 Å². The van der Waals surface area contributed by atoms with Crippen LogP contribution in [0.5, 0.6) is 0 Å². The van der Waals surface area contributed by atoms with E-state index in [1.54, 1.807) is 11.7 Å². The third-order valence-electron chi connectivity index (χ3n) is 1.74. The number of rotatable bonds is 7. The molecule has 0 fully saturated rings. The number of aromatic nitrogens is 1. The fraction of sp³-hybridized carbons (Fsp3) is 0.500.